The van der Waals surface area contributed by atoms with Gasteiger partial charge in [0.15, 0.2) is 17.5 Å². The monoisotopic (exact) mass is 595 g/mol. The molecule has 2 unspecified atom stereocenters. The van der Waals surface area contributed by atoms with Crippen molar-refractivity contribution in [1.29, 1.82) is 5.41 Å². The van der Waals surface area contributed by atoms with E-state index in [4.69, 9.17) is 20.6 Å². The number of ether oxygens (including phenoxy) is 2. The molecule has 44 heavy (non-hydrogen) atoms. The standard InChI is InChI=1S/C33H33N5O6/c1-20(39)36-26-18-28(44-19-21-9-5-3-6-10-21)27(43-2)17-25(26)30(37-24-15-13-23(14-16-24)31(34)35)32(40)38-29(33(41)42)22-11-7-4-8-12-22/h3-18,29-30,37H,19H2,1-2H3,(H3,34,35)(H,36,39)(H,38,40)(H,41,42). The lowest BCUT2D eigenvalue weighted by Gasteiger charge is -2.26. The second-order valence-electron chi connectivity index (χ2n) is 9.80. The van der Waals surface area contributed by atoms with E-state index >= 15 is 0 Å². The Morgan fingerprint density at radius 2 is 1.52 bits per heavy atom. The molecule has 0 aliphatic heterocycles. The van der Waals surface area contributed by atoms with Crippen LogP contribution in [-0.4, -0.2) is 35.8 Å². The van der Waals surface area contributed by atoms with Crippen LogP contribution in [0.15, 0.2) is 97.1 Å². The zero-order valence-electron chi connectivity index (χ0n) is 24.2. The molecule has 2 amide bonds. The van der Waals surface area contributed by atoms with E-state index in [1.165, 1.54) is 14.0 Å². The molecule has 0 spiro atoms. The molecule has 0 saturated carbocycles. The predicted octanol–water partition coefficient (Wildman–Crippen LogP) is 4.61. The molecule has 2 atom stereocenters. The van der Waals surface area contributed by atoms with Gasteiger partial charge in [0.25, 0.3) is 0 Å². The molecule has 4 aromatic rings. The van der Waals surface area contributed by atoms with Gasteiger partial charge in [0.05, 0.1) is 12.8 Å². The molecule has 0 heterocycles. The maximum Gasteiger partial charge on any atom is 0.330 e. The molecular weight excluding hydrogens is 562 g/mol. The molecule has 0 aliphatic carbocycles. The maximum atomic E-state index is 14.0. The third kappa shape index (κ3) is 7.91. The lowest BCUT2D eigenvalue weighted by molar-refractivity contribution is -0.142. The van der Waals surface area contributed by atoms with Crippen molar-refractivity contribution in [2.75, 3.05) is 17.7 Å². The Balaban J connectivity index is 1.78. The number of hydrogen-bond acceptors (Lipinski definition) is 7. The van der Waals surface area contributed by atoms with Crippen LogP contribution in [0.25, 0.3) is 0 Å². The first kappa shape index (κ1) is 31.1. The molecule has 0 aromatic heterocycles. The first-order valence-electron chi connectivity index (χ1n) is 13.6. The first-order valence-corrected chi connectivity index (χ1v) is 13.6. The fraction of sp³-hybridized carbons (Fsp3) is 0.152. The average molecular weight is 596 g/mol. The summed E-state index contributed by atoms with van der Waals surface area (Å²) in [7, 11) is 1.45. The number of nitrogen functional groups attached to an aromatic ring is 1. The zero-order valence-corrected chi connectivity index (χ0v) is 24.2. The highest BCUT2D eigenvalue weighted by molar-refractivity contribution is 5.96. The van der Waals surface area contributed by atoms with E-state index < -0.39 is 29.9 Å². The van der Waals surface area contributed by atoms with E-state index in [0.29, 0.717) is 22.6 Å². The van der Waals surface area contributed by atoms with Crippen LogP contribution in [0.4, 0.5) is 11.4 Å². The molecule has 0 bridgehead atoms. The molecule has 11 nitrogen and oxygen atoms in total. The number of amidine groups is 1. The third-order valence-electron chi connectivity index (χ3n) is 6.63. The number of aliphatic carboxylic acids is 1. The van der Waals surface area contributed by atoms with Gasteiger partial charge in [0.1, 0.15) is 18.5 Å². The Labute approximate surface area is 254 Å². The fourth-order valence-corrected chi connectivity index (χ4v) is 4.48. The summed E-state index contributed by atoms with van der Waals surface area (Å²) < 4.78 is 11.6. The smallest absolute Gasteiger partial charge is 0.330 e. The molecular formula is C33H33N5O6. The van der Waals surface area contributed by atoms with Gasteiger partial charge in [-0.2, -0.15) is 0 Å². The van der Waals surface area contributed by atoms with E-state index in [9.17, 15) is 19.5 Å². The van der Waals surface area contributed by atoms with Crippen molar-refractivity contribution < 1.29 is 29.0 Å². The highest BCUT2D eigenvalue weighted by atomic mass is 16.5. The van der Waals surface area contributed by atoms with E-state index in [1.807, 2.05) is 30.3 Å². The number of benzene rings is 4. The Bertz CT molecular complexity index is 1630. The number of carboxylic acid groups (broad SMARTS) is 1. The number of methoxy groups -OCH3 is 1. The summed E-state index contributed by atoms with van der Waals surface area (Å²) >= 11 is 0. The maximum absolute atomic E-state index is 14.0. The van der Waals surface area contributed by atoms with Crippen molar-refractivity contribution >= 4 is 35.0 Å². The second kappa shape index (κ2) is 14.4. The Morgan fingerprint density at radius 1 is 0.886 bits per heavy atom. The predicted molar refractivity (Wildman–Crippen MR) is 167 cm³/mol. The number of carbonyl (C=O) groups excluding carboxylic acids is 2. The van der Waals surface area contributed by atoms with Gasteiger partial charge in [0.2, 0.25) is 11.8 Å². The van der Waals surface area contributed by atoms with Gasteiger partial charge in [-0.15, -0.1) is 0 Å². The second-order valence-corrected chi connectivity index (χ2v) is 9.80. The number of carboxylic acids is 1. The van der Waals surface area contributed by atoms with Gasteiger partial charge in [-0.3, -0.25) is 15.0 Å². The van der Waals surface area contributed by atoms with Gasteiger partial charge >= 0.3 is 5.97 Å². The van der Waals surface area contributed by atoms with Gasteiger partial charge in [-0.1, -0.05) is 60.7 Å². The Morgan fingerprint density at radius 3 is 2.09 bits per heavy atom. The number of anilines is 2. The molecule has 226 valence electrons. The summed E-state index contributed by atoms with van der Waals surface area (Å²) in [5, 5.41) is 26.2. The van der Waals surface area contributed by atoms with Crippen molar-refractivity contribution in [3.05, 3.63) is 119 Å². The number of rotatable bonds is 13. The number of hydrogen-bond donors (Lipinski definition) is 6. The van der Waals surface area contributed by atoms with Crippen LogP contribution in [0.5, 0.6) is 11.5 Å². The van der Waals surface area contributed by atoms with E-state index in [1.54, 1.807) is 66.7 Å². The normalized spacial score (nSPS) is 11.9. The fourth-order valence-electron chi connectivity index (χ4n) is 4.48. The number of nitrogens with two attached hydrogens (primary N) is 1. The SMILES string of the molecule is COc1cc(C(Nc2ccc(C(=N)N)cc2)C(=O)NC(C(=O)O)c2ccccc2)c(NC(C)=O)cc1OCc1ccccc1. The summed E-state index contributed by atoms with van der Waals surface area (Å²) in [4.78, 5) is 38.5. The quantitative estimate of drug-likeness (QED) is 0.0959. The van der Waals surface area contributed by atoms with E-state index in [2.05, 4.69) is 16.0 Å². The molecule has 4 aromatic carbocycles. The number of carbonyl (C=O) groups is 3. The Kier molecular flexibility index (Phi) is 10.2. The first-order chi connectivity index (χ1) is 21.2. The van der Waals surface area contributed by atoms with Crippen LogP contribution in [-0.2, 0) is 21.0 Å². The molecule has 7 N–H and O–H groups in total. The topological polar surface area (TPSA) is 176 Å². The lowest BCUT2D eigenvalue weighted by atomic mass is 10.00. The van der Waals surface area contributed by atoms with Crippen molar-refractivity contribution in [3.63, 3.8) is 0 Å². The van der Waals surface area contributed by atoms with Crippen LogP contribution in [0.3, 0.4) is 0 Å². The summed E-state index contributed by atoms with van der Waals surface area (Å²) in [5.41, 5.74) is 8.37. The van der Waals surface area contributed by atoms with Gasteiger partial charge < -0.3 is 36.3 Å². The van der Waals surface area contributed by atoms with Crippen molar-refractivity contribution in [2.24, 2.45) is 5.73 Å². The largest absolute Gasteiger partial charge is 0.493 e. The van der Waals surface area contributed by atoms with Crippen molar-refractivity contribution in [3.8, 4) is 11.5 Å². The number of amides is 2. The van der Waals surface area contributed by atoms with Crippen molar-refractivity contribution in [2.45, 2.75) is 25.6 Å². The Hall–Kier alpha value is -5.84. The minimum absolute atomic E-state index is 0.123. The minimum atomic E-state index is -1.35. The highest BCUT2D eigenvalue weighted by Gasteiger charge is 2.30. The van der Waals surface area contributed by atoms with Crippen LogP contribution in [0.1, 0.15) is 41.3 Å². The van der Waals surface area contributed by atoms with Crippen LogP contribution >= 0.6 is 0 Å². The molecule has 0 fully saturated rings. The molecule has 0 saturated heterocycles. The van der Waals surface area contributed by atoms with Crippen LogP contribution in [0, 0.1) is 5.41 Å². The zero-order chi connectivity index (χ0) is 31.6. The van der Waals surface area contributed by atoms with Crippen LogP contribution in [0.2, 0.25) is 0 Å². The van der Waals surface area contributed by atoms with Crippen LogP contribution < -0.4 is 31.2 Å². The summed E-state index contributed by atoms with van der Waals surface area (Å²) in [6, 6.07) is 24.8. The van der Waals surface area contributed by atoms with Crippen molar-refractivity contribution in [1.82, 2.24) is 5.32 Å². The third-order valence-corrected chi connectivity index (χ3v) is 6.63. The summed E-state index contributed by atoms with van der Waals surface area (Å²) in [6.07, 6.45) is 0. The molecule has 0 radical (unpaired) electrons. The average Bonchev–Trinajstić information content (AvgIpc) is 3.02. The minimum Gasteiger partial charge on any atom is -0.493 e. The lowest BCUT2D eigenvalue weighted by Crippen LogP contribution is -2.39. The van der Waals surface area contributed by atoms with Gasteiger partial charge in [-0.25, -0.2) is 4.79 Å². The molecule has 11 heteroatoms. The highest BCUT2D eigenvalue weighted by Crippen LogP contribution is 2.38. The summed E-state index contributed by atoms with van der Waals surface area (Å²) in [5.74, 6) is -1.86. The summed E-state index contributed by atoms with van der Waals surface area (Å²) in [6.45, 7) is 1.55. The van der Waals surface area contributed by atoms with Gasteiger partial charge in [0, 0.05) is 29.8 Å². The van der Waals surface area contributed by atoms with Gasteiger partial charge in [-0.05, 0) is 41.5 Å². The molecule has 4 rings (SSSR count). The number of nitrogens with one attached hydrogen (secondary N) is 4. The van der Waals surface area contributed by atoms with E-state index in [-0.39, 0.29) is 29.4 Å². The van der Waals surface area contributed by atoms with E-state index in [0.717, 1.165) is 5.56 Å². The molecule has 0 aliphatic rings.